The number of hydrogen-bond acceptors (Lipinski definition) is 6. The van der Waals surface area contributed by atoms with Gasteiger partial charge in [0.05, 0.1) is 26.4 Å². The lowest BCUT2D eigenvalue weighted by atomic mass is 10.1. The van der Waals surface area contributed by atoms with Gasteiger partial charge < -0.3 is 0 Å². The van der Waals surface area contributed by atoms with E-state index in [1.807, 2.05) is 61.5 Å². The van der Waals surface area contributed by atoms with Gasteiger partial charge in [-0.3, -0.25) is 14.9 Å². The van der Waals surface area contributed by atoms with Gasteiger partial charge >= 0.3 is 0 Å². The summed E-state index contributed by atoms with van der Waals surface area (Å²) in [6.45, 7) is 2.25. The van der Waals surface area contributed by atoms with Gasteiger partial charge in [0.1, 0.15) is 0 Å². The molecule has 5 aromatic rings. The molecule has 8 nitrogen and oxygen atoms in total. The average Bonchev–Trinajstić information content (AvgIpc) is 3.45. The number of fused-ring (bicyclic) bond motifs is 1. The van der Waals surface area contributed by atoms with Crippen molar-refractivity contribution >= 4 is 37.3 Å². The van der Waals surface area contributed by atoms with Crippen molar-refractivity contribution < 1.29 is 8.42 Å². The molecule has 0 spiro atoms. The maximum Gasteiger partial charge on any atom is 0.283 e. The predicted octanol–water partition coefficient (Wildman–Crippen LogP) is 4.14. The van der Waals surface area contributed by atoms with Crippen molar-refractivity contribution in [2.24, 2.45) is 10.1 Å². The standard InChI is InChI=1S/C26H23N5O3S2/c1-17(28-16-15-18-11-13-20(14-12-18)36(27,33)34)23-24(19-7-3-2-4-8-19)30-31(25(23)32)26-29-21-9-5-6-10-22(21)35-26/h2-14,30H,15-16H2,1H3,(H2,27,33,34). The van der Waals surface area contributed by atoms with Crippen molar-refractivity contribution in [2.75, 3.05) is 6.54 Å². The van der Waals surface area contributed by atoms with Gasteiger partial charge in [-0.1, -0.05) is 65.9 Å². The number of nitrogens with zero attached hydrogens (tertiary/aromatic N) is 3. The molecule has 0 aliphatic rings. The summed E-state index contributed by atoms with van der Waals surface area (Å²) in [5.41, 5.74) is 4.19. The van der Waals surface area contributed by atoms with Crippen molar-refractivity contribution in [3.63, 3.8) is 0 Å². The molecule has 2 heterocycles. The van der Waals surface area contributed by atoms with E-state index in [1.54, 1.807) is 12.1 Å². The summed E-state index contributed by atoms with van der Waals surface area (Å²) >= 11 is 1.44. The molecule has 0 fully saturated rings. The molecule has 10 heteroatoms. The van der Waals surface area contributed by atoms with Crippen LogP contribution in [0, 0.1) is 0 Å². The van der Waals surface area contributed by atoms with Crippen LogP contribution in [-0.4, -0.2) is 35.4 Å². The fraction of sp³-hybridized carbons (Fsp3) is 0.115. The Morgan fingerprint density at radius 3 is 2.42 bits per heavy atom. The Morgan fingerprint density at radius 2 is 1.72 bits per heavy atom. The minimum atomic E-state index is -3.73. The lowest BCUT2D eigenvalue weighted by Gasteiger charge is -2.04. The molecular formula is C26H23N5O3S2. The number of rotatable bonds is 7. The van der Waals surface area contributed by atoms with Gasteiger partial charge in [-0.15, -0.1) is 0 Å². The molecule has 0 bridgehead atoms. The zero-order chi connectivity index (χ0) is 25.3. The van der Waals surface area contributed by atoms with E-state index in [1.165, 1.54) is 28.2 Å². The molecule has 0 aliphatic heterocycles. The Kier molecular flexibility index (Phi) is 6.40. The molecule has 3 aromatic carbocycles. The van der Waals surface area contributed by atoms with Crippen LogP contribution in [0.2, 0.25) is 0 Å². The monoisotopic (exact) mass is 517 g/mol. The van der Waals surface area contributed by atoms with Gasteiger partial charge in [0.15, 0.2) is 0 Å². The van der Waals surface area contributed by atoms with E-state index in [9.17, 15) is 13.2 Å². The van der Waals surface area contributed by atoms with Gasteiger partial charge in [0, 0.05) is 17.8 Å². The Hall–Kier alpha value is -3.86. The summed E-state index contributed by atoms with van der Waals surface area (Å²) < 4.78 is 25.4. The first kappa shape index (κ1) is 23.9. The number of aromatic nitrogens is 3. The molecule has 0 saturated carbocycles. The molecule has 0 amide bonds. The number of hydrogen-bond donors (Lipinski definition) is 2. The zero-order valence-corrected chi connectivity index (χ0v) is 21.0. The smallest absolute Gasteiger partial charge is 0.283 e. The van der Waals surface area contributed by atoms with E-state index in [2.05, 4.69) is 15.1 Å². The minimum absolute atomic E-state index is 0.0705. The van der Waals surface area contributed by atoms with E-state index < -0.39 is 10.0 Å². The van der Waals surface area contributed by atoms with E-state index in [4.69, 9.17) is 5.14 Å². The molecule has 0 unspecified atom stereocenters. The number of primary sulfonamides is 1. The third kappa shape index (κ3) is 4.78. The SMILES string of the molecule is CC(=NCCc1ccc(S(N)(=O)=O)cc1)c1c(-c2ccccc2)[nH]n(-c2nc3ccccc3s2)c1=O. The summed E-state index contributed by atoms with van der Waals surface area (Å²) in [6.07, 6.45) is 0.583. The summed E-state index contributed by atoms with van der Waals surface area (Å²) in [5.74, 6) is 0. The largest absolute Gasteiger partial charge is 0.289 e. The first-order valence-corrected chi connectivity index (χ1v) is 13.6. The number of H-pyrrole nitrogens is 1. The highest BCUT2D eigenvalue weighted by Gasteiger charge is 2.20. The van der Waals surface area contributed by atoms with Crippen LogP contribution < -0.4 is 10.7 Å². The molecule has 36 heavy (non-hydrogen) atoms. The van der Waals surface area contributed by atoms with E-state index in [-0.39, 0.29) is 10.5 Å². The van der Waals surface area contributed by atoms with Gasteiger partial charge in [-0.2, -0.15) is 4.68 Å². The normalized spacial score (nSPS) is 12.3. The van der Waals surface area contributed by atoms with Crippen LogP contribution in [0.15, 0.2) is 93.5 Å². The van der Waals surface area contributed by atoms with Crippen LogP contribution >= 0.6 is 11.3 Å². The Morgan fingerprint density at radius 1 is 1.03 bits per heavy atom. The molecule has 2 aromatic heterocycles. The van der Waals surface area contributed by atoms with Gasteiger partial charge in [-0.25, -0.2) is 18.5 Å². The van der Waals surface area contributed by atoms with Crippen LogP contribution in [0.3, 0.4) is 0 Å². The molecule has 0 saturated heterocycles. The summed E-state index contributed by atoms with van der Waals surface area (Å²) in [7, 11) is -3.73. The van der Waals surface area contributed by atoms with Crippen LogP contribution in [0.1, 0.15) is 18.1 Å². The summed E-state index contributed by atoms with van der Waals surface area (Å²) in [5, 5.41) is 8.98. The Labute approximate surface area is 211 Å². The lowest BCUT2D eigenvalue weighted by Crippen LogP contribution is -2.19. The third-order valence-electron chi connectivity index (χ3n) is 5.79. The fourth-order valence-corrected chi connectivity index (χ4v) is 5.40. The highest BCUT2D eigenvalue weighted by molar-refractivity contribution is 7.89. The Balaban J connectivity index is 1.49. The summed E-state index contributed by atoms with van der Waals surface area (Å²) in [6, 6.07) is 23.8. The first-order valence-electron chi connectivity index (χ1n) is 11.2. The fourth-order valence-electron chi connectivity index (χ4n) is 3.95. The van der Waals surface area contributed by atoms with E-state index in [0.29, 0.717) is 35.1 Å². The number of para-hydroxylation sites is 1. The van der Waals surface area contributed by atoms with Crippen molar-refractivity contribution in [1.29, 1.82) is 0 Å². The quantitative estimate of drug-likeness (QED) is 0.315. The maximum atomic E-state index is 13.6. The average molecular weight is 518 g/mol. The number of aromatic amines is 1. The molecule has 0 aliphatic carbocycles. The number of thiazole rings is 1. The number of benzene rings is 3. The zero-order valence-electron chi connectivity index (χ0n) is 19.4. The van der Waals surface area contributed by atoms with Crippen molar-refractivity contribution in [3.05, 3.63) is 100 Å². The second-order valence-corrected chi connectivity index (χ2v) is 10.8. The van der Waals surface area contributed by atoms with Crippen molar-refractivity contribution in [3.8, 4) is 16.4 Å². The van der Waals surface area contributed by atoms with Crippen LogP contribution in [0.5, 0.6) is 0 Å². The second-order valence-electron chi connectivity index (χ2n) is 8.24. The highest BCUT2D eigenvalue weighted by Crippen LogP contribution is 2.26. The molecule has 5 rings (SSSR count). The molecule has 0 radical (unpaired) electrons. The molecule has 3 N–H and O–H groups in total. The number of sulfonamides is 1. The van der Waals surface area contributed by atoms with Gasteiger partial charge in [-0.05, 0) is 43.2 Å². The number of nitrogens with two attached hydrogens (primary N) is 1. The lowest BCUT2D eigenvalue weighted by molar-refractivity contribution is 0.598. The molecule has 0 atom stereocenters. The first-order chi connectivity index (χ1) is 17.3. The Bertz CT molecular complexity index is 1700. The topological polar surface area (TPSA) is 123 Å². The predicted molar refractivity (Wildman–Crippen MR) is 144 cm³/mol. The summed E-state index contributed by atoms with van der Waals surface area (Å²) in [4.78, 5) is 23.0. The molecule has 182 valence electrons. The third-order valence-corrected chi connectivity index (χ3v) is 7.74. The maximum absolute atomic E-state index is 13.6. The van der Waals surface area contributed by atoms with Crippen LogP contribution in [-0.2, 0) is 16.4 Å². The van der Waals surface area contributed by atoms with E-state index in [0.717, 1.165) is 21.3 Å². The van der Waals surface area contributed by atoms with Crippen molar-refractivity contribution in [1.82, 2.24) is 14.8 Å². The van der Waals surface area contributed by atoms with E-state index >= 15 is 0 Å². The van der Waals surface area contributed by atoms with Crippen LogP contribution in [0.25, 0.3) is 26.6 Å². The van der Waals surface area contributed by atoms with Gasteiger partial charge in [0.2, 0.25) is 15.2 Å². The molecular weight excluding hydrogens is 494 g/mol. The number of nitrogens with one attached hydrogen (secondary N) is 1. The highest BCUT2D eigenvalue weighted by atomic mass is 32.2. The number of aliphatic imine (C=N–C) groups is 1. The minimum Gasteiger partial charge on any atom is -0.289 e. The van der Waals surface area contributed by atoms with Crippen LogP contribution in [0.4, 0.5) is 0 Å². The van der Waals surface area contributed by atoms with Crippen molar-refractivity contribution in [2.45, 2.75) is 18.2 Å². The van der Waals surface area contributed by atoms with Gasteiger partial charge in [0.25, 0.3) is 5.56 Å². The second kappa shape index (κ2) is 9.65.